The van der Waals surface area contributed by atoms with Crippen LogP contribution >= 0.6 is 0 Å². The van der Waals surface area contributed by atoms with Gasteiger partial charge in [0.15, 0.2) is 0 Å². The minimum Gasteiger partial charge on any atom is -0.496 e. The van der Waals surface area contributed by atoms with Gasteiger partial charge >= 0.3 is 0 Å². The van der Waals surface area contributed by atoms with E-state index in [9.17, 15) is 0 Å². The zero-order valence-electron chi connectivity index (χ0n) is 17.4. The van der Waals surface area contributed by atoms with Crippen LogP contribution in [0.25, 0.3) is 0 Å². The zero-order valence-corrected chi connectivity index (χ0v) is 17.4. The molecule has 3 aliphatic rings. The highest BCUT2D eigenvalue weighted by molar-refractivity contribution is 5.74. The summed E-state index contributed by atoms with van der Waals surface area (Å²) in [6, 6.07) is 33.5. The quantitative estimate of drug-likeness (QED) is 0.395. The van der Waals surface area contributed by atoms with Gasteiger partial charge in [-0.1, -0.05) is 84.9 Å². The van der Waals surface area contributed by atoms with E-state index in [-0.39, 0.29) is 11.3 Å². The largest absolute Gasteiger partial charge is 0.496 e. The van der Waals surface area contributed by atoms with Crippen LogP contribution in [0.3, 0.4) is 0 Å². The van der Waals surface area contributed by atoms with E-state index in [1.54, 1.807) is 7.11 Å². The standard InChI is InChI=1S/C29H24O/c1-19-10-3-4-11-20(19)18-29-24-15-7-5-12-21(24)27(22-13-6-8-16-25(22)29)23-14-9-17-26(30-2)28(23)29/h3-17,27H,18H2,1-2H3. The van der Waals surface area contributed by atoms with Crippen LogP contribution in [0.15, 0.2) is 91.0 Å². The molecule has 146 valence electrons. The molecule has 0 heterocycles. The average Bonchev–Trinajstić information content (AvgIpc) is 2.80. The maximum absolute atomic E-state index is 5.99. The maximum atomic E-state index is 5.99. The molecular formula is C29H24O. The number of aryl methyl sites for hydroxylation is 1. The van der Waals surface area contributed by atoms with Gasteiger partial charge in [0.05, 0.1) is 12.5 Å². The first-order valence-electron chi connectivity index (χ1n) is 10.7. The second-order valence-electron chi connectivity index (χ2n) is 8.54. The van der Waals surface area contributed by atoms with E-state index < -0.39 is 0 Å². The number of methoxy groups -OCH3 is 1. The third-order valence-corrected chi connectivity index (χ3v) is 7.20. The van der Waals surface area contributed by atoms with E-state index in [0.717, 1.165) is 12.2 Å². The smallest absolute Gasteiger partial charge is 0.123 e. The second kappa shape index (κ2) is 6.34. The molecule has 1 nitrogen and oxygen atoms in total. The summed E-state index contributed by atoms with van der Waals surface area (Å²) < 4.78 is 5.99. The molecule has 0 aromatic heterocycles. The van der Waals surface area contributed by atoms with Gasteiger partial charge in [0.2, 0.25) is 0 Å². The molecule has 0 unspecified atom stereocenters. The van der Waals surface area contributed by atoms with E-state index in [1.807, 2.05) is 0 Å². The molecule has 0 saturated carbocycles. The van der Waals surface area contributed by atoms with Crippen molar-refractivity contribution < 1.29 is 4.74 Å². The molecular weight excluding hydrogens is 364 g/mol. The summed E-state index contributed by atoms with van der Waals surface area (Å²) in [4.78, 5) is 0. The van der Waals surface area contributed by atoms with Gasteiger partial charge in [0.25, 0.3) is 0 Å². The van der Waals surface area contributed by atoms with Gasteiger partial charge in [0, 0.05) is 11.5 Å². The predicted octanol–water partition coefficient (Wildman–Crippen LogP) is 6.39. The summed E-state index contributed by atoms with van der Waals surface area (Å²) in [5.74, 6) is 1.26. The lowest BCUT2D eigenvalue weighted by molar-refractivity contribution is 0.393. The first-order chi connectivity index (χ1) is 14.8. The van der Waals surface area contributed by atoms with Crippen LogP contribution in [-0.2, 0) is 11.8 Å². The van der Waals surface area contributed by atoms with Crippen molar-refractivity contribution in [3.05, 3.63) is 136 Å². The molecule has 0 spiro atoms. The van der Waals surface area contributed by atoms with E-state index in [0.29, 0.717) is 0 Å². The molecule has 0 fully saturated rings. The SMILES string of the molecule is COc1cccc2c1C1(Cc3ccccc3C)c3ccccc3C2c2ccccc21. The Bertz CT molecular complexity index is 1240. The van der Waals surface area contributed by atoms with Gasteiger partial charge in [-0.15, -0.1) is 0 Å². The Morgan fingerprint density at radius 1 is 0.700 bits per heavy atom. The molecule has 0 aliphatic heterocycles. The second-order valence-corrected chi connectivity index (χ2v) is 8.54. The van der Waals surface area contributed by atoms with Crippen LogP contribution in [0.5, 0.6) is 5.75 Å². The van der Waals surface area contributed by atoms with Crippen molar-refractivity contribution in [2.45, 2.75) is 24.7 Å². The molecule has 0 amide bonds. The molecule has 2 bridgehead atoms. The first kappa shape index (κ1) is 17.5. The summed E-state index contributed by atoms with van der Waals surface area (Å²) in [5.41, 5.74) is 10.9. The predicted molar refractivity (Wildman–Crippen MR) is 122 cm³/mol. The Morgan fingerprint density at radius 3 is 1.97 bits per heavy atom. The lowest BCUT2D eigenvalue weighted by Crippen LogP contribution is -2.44. The third-order valence-electron chi connectivity index (χ3n) is 7.20. The molecule has 0 N–H and O–H groups in total. The monoisotopic (exact) mass is 388 g/mol. The van der Waals surface area contributed by atoms with Crippen LogP contribution in [0.4, 0.5) is 0 Å². The number of ether oxygens (including phenoxy) is 1. The van der Waals surface area contributed by atoms with Gasteiger partial charge in [-0.05, 0) is 58.4 Å². The van der Waals surface area contributed by atoms with Crippen molar-refractivity contribution >= 4 is 0 Å². The van der Waals surface area contributed by atoms with Gasteiger partial charge in [-0.2, -0.15) is 0 Å². The fourth-order valence-electron chi connectivity index (χ4n) is 5.98. The minimum absolute atomic E-state index is 0.254. The zero-order chi connectivity index (χ0) is 20.3. The van der Waals surface area contributed by atoms with Crippen molar-refractivity contribution in [2.75, 3.05) is 7.11 Å². The molecule has 0 saturated heterocycles. The topological polar surface area (TPSA) is 9.23 Å². The Hall–Kier alpha value is -3.32. The van der Waals surface area contributed by atoms with Crippen LogP contribution in [-0.4, -0.2) is 7.11 Å². The number of hydrogen-bond acceptors (Lipinski definition) is 1. The van der Waals surface area contributed by atoms with Gasteiger partial charge < -0.3 is 4.74 Å². The molecule has 4 aromatic rings. The molecule has 0 radical (unpaired) electrons. The molecule has 1 heteroatoms. The van der Waals surface area contributed by atoms with Crippen molar-refractivity contribution in [3.63, 3.8) is 0 Å². The molecule has 30 heavy (non-hydrogen) atoms. The van der Waals surface area contributed by atoms with Crippen LogP contribution < -0.4 is 4.74 Å². The minimum atomic E-state index is -0.254. The van der Waals surface area contributed by atoms with E-state index in [4.69, 9.17) is 4.74 Å². The van der Waals surface area contributed by atoms with Crippen LogP contribution in [0.1, 0.15) is 50.4 Å². The number of hydrogen-bond donors (Lipinski definition) is 0. The molecule has 3 aliphatic carbocycles. The van der Waals surface area contributed by atoms with Crippen molar-refractivity contribution in [3.8, 4) is 5.75 Å². The molecule has 0 atom stereocenters. The average molecular weight is 389 g/mol. The van der Waals surface area contributed by atoms with Crippen molar-refractivity contribution in [2.24, 2.45) is 0 Å². The van der Waals surface area contributed by atoms with Gasteiger partial charge in [0.1, 0.15) is 5.75 Å². The molecule has 7 rings (SSSR count). The lowest BCUT2D eigenvalue weighted by Gasteiger charge is -2.51. The third kappa shape index (κ3) is 2.13. The summed E-state index contributed by atoms with van der Waals surface area (Å²) >= 11 is 0. The normalized spacial score (nSPS) is 20.3. The van der Waals surface area contributed by atoms with Crippen LogP contribution in [0.2, 0.25) is 0 Å². The van der Waals surface area contributed by atoms with Crippen LogP contribution in [0, 0.1) is 6.92 Å². The highest BCUT2D eigenvalue weighted by atomic mass is 16.5. The Labute approximate surface area is 178 Å². The summed E-state index contributed by atoms with van der Waals surface area (Å²) in [6.07, 6.45) is 0.924. The van der Waals surface area contributed by atoms with E-state index in [1.165, 1.54) is 44.5 Å². The Morgan fingerprint density at radius 2 is 1.30 bits per heavy atom. The lowest BCUT2D eigenvalue weighted by atomic mass is 9.51. The van der Waals surface area contributed by atoms with Crippen molar-refractivity contribution in [1.82, 2.24) is 0 Å². The number of rotatable bonds is 3. The summed E-state index contributed by atoms with van der Waals surface area (Å²) in [7, 11) is 1.80. The first-order valence-corrected chi connectivity index (χ1v) is 10.7. The maximum Gasteiger partial charge on any atom is 0.123 e. The van der Waals surface area contributed by atoms with Gasteiger partial charge in [-0.3, -0.25) is 0 Å². The fraction of sp³-hybridized carbons (Fsp3) is 0.172. The Balaban J connectivity index is 1.77. The van der Waals surface area contributed by atoms with E-state index >= 15 is 0 Å². The van der Waals surface area contributed by atoms with E-state index in [2.05, 4.69) is 97.9 Å². The van der Waals surface area contributed by atoms with Crippen molar-refractivity contribution in [1.29, 1.82) is 0 Å². The molecule has 4 aromatic carbocycles. The highest BCUT2D eigenvalue weighted by Gasteiger charge is 2.52. The highest BCUT2D eigenvalue weighted by Crippen LogP contribution is 2.62. The summed E-state index contributed by atoms with van der Waals surface area (Å²) in [5, 5.41) is 0. The van der Waals surface area contributed by atoms with Gasteiger partial charge in [-0.25, -0.2) is 0 Å². The number of benzene rings is 4. The Kier molecular flexibility index (Phi) is 3.70. The summed E-state index contributed by atoms with van der Waals surface area (Å²) in [6.45, 7) is 2.22. The fourth-order valence-corrected chi connectivity index (χ4v) is 5.98.